The fraction of sp³-hybridized carbons (Fsp3) is 0.588. The van der Waals surface area contributed by atoms with Crippen molar-refractivity contribution in [3.63, 3.8) is 0 Å². The van der Waals surface area contributed by atoms with E-state index >= 15 is 0 Å². The Morgan fingerprint density at radius 3 is 2.63 bits per heavy atom. The molecule has 2 fully saturated rings. The average molecular weight is 516 g/mol. The van der Waals surface area contributed by atoms with Crippen LogP contribution in [0.1, 0.15) is 75.5 Å². The molecule has 0 amide bonds. The zero-order valence-corrected chi connectivity index (χ0v) is 23.7. The number of terminal acetylenes is 1. The smallest absolute Gasteiger partial charge is 0.161 e. The van der Waals surface area contributed by atoms with Gasteiger partial charge >= 0.3 is 0 Å². The van der Waals surface area contributed by atoms with Crippen LogP contribution in [0.15, 0.2) is 36.4 Å². The standard InChI is InChI=1S/C34H45NO3/c1-6-24-20-25-21-27(36)11-12-28(25)29-15-17-34(4)26(10-13-30(34)33(24)29)16-18-38-31-14-9-23(19-32(31)37-5)22-35(7-2)8-3/h1,9,11-12,14,19,21,24,26,29-30,33,36H,7-8,10,13,15-18,20,22H2,2-5H3/t24-,26-,29?,30?,33?,34?/m1/s1. The van der Waals surface area contributed by atoms with Crippen molar-refractivity contribution in [1.82, 2.24) is 4.90 Å². The highest BCUT2D eigenvalue weighted by Crippen LogP contribution is 2.64. The summed E-state index contributed by atoms with van der Waals surface area (Å²) in [5, 5.41) is 10.1. The second-order valence-electron chi connectivity index (χ2n) is 12.1. The van der Waals surface area contributed by atoms with E-state index in [0.717, 1.165) is 44.0 Å². The van der Waals surface area contributed by atoms with Gasteiger partial charge in [-0.1, -0.05) is 32.9 Å². The number of aromatic hydroxyl groups is 1. The van der Waals surface area contributed by atoms with Gasteiger partial charge in [-0.25, -0.2) is 0 Å². The summed E-state index contributed by atoms with van der Waals surface area (Å²) < 4.78 is 12.0. The Balaban J connectivity index is 1.25. The molecule has 3 aliphatic rings. The first-order valence-corrected chi connectivity index (χ1v) is 14.7. The van der Waals surface area contributed by atoms with E-state index in [0.29, 0.717) is 41.4 Å². The van der Waals surface area contributed by atoms with Gasteiger partial charge in [0.2, 0.25) is 0 Å². The third-order valence-electron chi connectivity index (χ3n) is 10.4. The van der Waals surface area contributed by atoms with E-state index in [4.69, 9.17) is 15.9 Å². The summed E-state index contributed by atoms with van der Waals surface area (Å²) in [5.74, 6) is 7.85. The topological polar surface area (TPSA) is 41.9 Å². The SMILES string of the molecule is C#C[C@@H]1Cc2cc(O)ccc2C2CCC3(C)C(CC[C@@H]3CCOc3ccc(CN(CC)CC)cc3OC)C21. The quantitative estimate of drug-likeness (QED) is 0.364. The Kier molecular flexibility index (Phi) is 7.96. The third-order valence-corrected chi connectivity index (χ3v) is 10.4. The first-order chi connectivity index (χ1) is 18.4. The van der Waals surface area contributed by atoms with Crippen LogP contribution < -0.4 is 9.47 Å². The summed E-state index contributed by atoms with van der Waals surface area (Å²) >= 11 is 0. The Bertz CT molecular complexity index is 1160. The monoisotopic (exact) mass is 515 g/mol. The maximum Gasteiger partial charge on any atom is 0.161 e. The minimum atomic E-state index is 0.257. The maximum atomic E-state index is 10.1. The van der Waals surface area contributed by atoms with Crippen LogP contribution >= 0.6 is 0 Å². The van der Waals surface area contributed by atoms with Gasteiger partial charge in [-0.2, -0.15) is 0 Å². The van der Waals surface area contributed by atoms with Crippen LogP contribution in [0.2, 0.25) is 0 Å². The van der Waals surface area contributed by atoms with Gasteiger partial charge in [-0.3, -0.25) is 4.90 Å². The van der Waals surface area contributed by atoms with Crippen molar-refractivity contribution in [3.05, 3.63) is 53.1 Å². The normalized spacial score (nSPS) is 29.7. The molecule has 4 nitrogen and oxygen atoms in total. The molecule has 2 aromatic carbocycles. The lowest BCUT2D eigenvalue weighted by Crippen LogP contribution is -2.45. The Morgan fingerprint density at radius 2 is 1.89 bits per heavy atom. The van der Waals surface area contributed by atoms with E-state index in [1.54, 1.807) is 7.11 Å². The van der Waals surface area contributed by atoms with Crippen molar-refractivity contribution in [1.29, 1.82) is 0 Å². The number of ether oxygens (including phenoxy) is 2. The summed E-state index contributed by atoms with van der Waals surface area (Å²) in [5.41, 5.74) is 4.27. The number of nitrogens with zero attached hydrogens (tertiary/aromatic N) is 1. The van der Waals surface area contributed by atoms with Crippen LogP contribution in [0.3, 0.4) is 0 Å². The van der Waals surface area contributed by atoms with Gasteiger partial charge in [0.25, 0.3) is 0 Å². The van der Waals surface area contributed by atoms with E-state index in [1.807, 2.05) is 12.1 Å². The molecule has 0 bridgehead atoms. The molecular weight excluding hydrogens is 470 g/mol. The minimum absolute atomic E-state index is 0.257. The molecule has 2 aromatic rings. The number of hydrogen-bond donors (Lipinski definition) is 1. The molecule has 4 heteroatoms. The molecule has 2 saturated carbocycles. The van der Waals surface area contributed by atoms with Gasteiger partial charge in [0.1, 0.15) is 5.75 Å². The second-order valence-corrected chi connectivity index (χ2v) is 12.1. The van der Waals surface area contributed by atoms with Crippen molar-refractivity contribution >= 4 is 0 Å². The summed E-state index contributed by atoms with van der Waals surface area (Å²) in [6, 6.07) is 12.4. The highest BCUT2D eigenvalue weighted by atomic mass is 16.5. The third kappa shape index (κ3) is 4.91. The lowest BCUT2D eigenvalue weighted by atomic mass is 9.51. The number of phenols is 1. The predicted molar refractivity (Wildman–Crippen MR) is 154 cm³/mol. The number of hydrogen-bond acceptors (Lipinski definition) is 4. The molecule has 3 aliphatic carbocycles. The van der Waals surface area contributed by atoms with Gasteiger partial charge in [0.15, 0.2) is 11.5 Å². The Labute approximate surface area is 229 Å². The van der Waals surface area contributed by atoms with E-state index < -0.39 is 0 Å². The van der Waals surface area contributed by atoms with E-state index in [9.17, 15) is 5.11 Å². The van der Waals surface area contributed by atoms with Crippen LogP contribution in [0.4, 0.5) is 0 Å². The van der Waals surface area contributed by atoms with Crippen LogP contribution in [0, 0.1) is 41.4 Å². The first kappa shape index (κ1) is 26.9. The fourth-order valence-corrected chi connectivity index (χ4v) is 8.32. The summed E-state index contributed by atoms with van der Waals surface area (Å²) in [6.07, 6.45) is 13.1. The van der Waals surface area contributed by atoms with Gasteiger partial charge in [0.05, 0.1) is 13.7 Å². The predicted octanol–water partition coefficient (Wildman–Crippen LogP) is 7.04. The molecule has 0 heterocycles. The average Bonchev–Trinajstić information content (AvgIpc) is 3.27. The number of rotatable bonds is 9. The molecule has 38 heavy (non-hydrogen) atoms. The molecule has 0 spiro atoms. The summed E-state index contributed by atoms with van der Waals surface area (Å²) in [7, 11) is 1.73. The van der Waals surface area contributed by atoms with Crippen molar-refractivity contribution < 1.29 is 14.6 Å². The second kappa shape index (κ2) is 11.2. The molecule has 5 rings (SSSR count). The molecule has 0 saturated heterocycles. The van der Waals surface area contributed by atoms with Crippen LogP contribution in [0.25, 0.3) is 0 Å². The molecule has 6 atom stereocenters. The fourth-order valence-electron chi connectivity index (χ4n) is 8.32. The van der Waals surface area contributed by atoms with Crippen LogP contribution in [-0.2, 0) is 13.0 Å². The molecule has 4 unspecified atom stereocenters. The molecule has 0 radical (unpaired) electrons. The van der Waals surface area contributed by atoms with Crippen molar-refractivity contribution in [2.45, 2.75) is 71.8 Å². The number of methoxy groups -OCH3 is 1. The minimum Gasteiger partial charge on any atom is -0.508 e. The van der Waals surface area contributed by atoms with Crippen molar-refractivity contribution in [3.8, 4) is 29.6 Å². The highest BCUT2D eigenvalue weighted by Gasteiger charge is 2.56. The van der Waals surface area contributed by atoms with Crippen LogP contribution in [0.5, 0.6) is 17.2 Å². The molecular formula is C34H45NO3. The summed E-state index contributed by atoms with van der Waals surface area (Å²) in [6.45, 7) is 10.7. The Morgan fingerprint density at radius 1 is 1.08 bits per heavy atom. The van der Waals surface area contributed by atoms with Gasteiger partial charge in [-0.15, -0.1) is 12.3 Å². The lowest BCUT2D eigenvalue weighted by molar-refractivity contribution is 0.00845. The summed E-state index contributed by atoms with van der Waals surface area (Å²) in [4.78, 5) is 2.40. The molecule has 0 aliphatic heterocycles. The van der Waals surface area contributed by atoms with Gasteiger partial charge in [0, 0.05) is 12.5 Å². The van der Waals surface area contributed by atoms with Crippen molar-refractivity contribution in [2.75, 3.05) is 26.8 Å². The highest BCUT2D eigenvalue weighted by molar-refractivity contribution is 5.43. The first-order valence-electron chi connectivity index (χ1n) is 14.7. The van der Waals surface area contributed by atoms with E-state index in [1.165, 1.54) is 42.4 Å². The van der Waals surface area contributed by atoms with Crippen LogP contribution in [-0.4, -0.2) is 36.8 Å². The van der Waals surface area contributed by atoms with E-state index in [2.05, 4.69) is 55.9 Å². The number of benzene rings is 2. The molecule has 0 aromatic heterocycles. The van der Waals surface area contributed by atoms with Crippen molar-refractivity contribution in [2.24, 2.45) is 29.1 Å². The molecule has 1 N–H and O–H groups in total. The zero-order valence-electron chi connectivity index (χ0n) is 23.7. The van der Waals surface area contributed by atoms with E-state index in [-0.39, 0.29) is 5.92 Å². The van der Waals surface area contributed by atoms with Gasteiger partial charge in [-0.05, 0) is 122 Å². The number of fused-ring (bicyclic) bond motifs is 5. The molecule has 204 valence electrons. The number of phenolic OH excluding ortho intramolecular Hbond substituents is 1. The van der Waals surface area contributed by atoms with Gasteiger partial charge < -0.3 is 14.6 Å². The maximum absolute atomic E-state index is 10.1. The lowest BCUT2D eigenvalue weighted by Gasteiger charge is -2.53. The Hall–Kier alpha value is -2.64. The largest absolute Gasteiger partial charge is 0.508 e. The zero-order chi connectivity index (χ0) is 26.9.